The third-order valence-corrected chi connectivity index (χ3v) is 5.86. The summed E-state index contributed by atoms with van der Waals surface area (Å²) in [5, 5.41) is 2.81. The number of likely N-dealkylation sites (tertiary alicyclic amines) is 1. The lowest BCUT2D eigenvalue weighted by Crippen LogP contribution is -2.46. The van der Waals surface area contributed by atoms with E-state index < -0.39 is 35.9 Å². The molecule has 1 saturated heterocycles. The number of anilines is 1. The largest absolute Gasteiger partial charge is 0.451 e. The summed E-state index contributed by atoms with van der Waals surface area (Å²) in [6.07, 6.45) is 3.71. The third kappa shape index (κ3) is 4.01. The molecule has 160 valence electrons. The van der Waals surface area contributed by atoms with Crippen molar-refractivity contribution < 1.29 is 23.9 Å². The first-order valence-corrected chi connectivity index (χ1v) is 10.2. The second kappa shape index (κ2) is 8.42. The highest BCUT2D eigenvalue weighted by molar-refractivity contribution is 6.08. The predicted octanol–water partition coefficient (Wildman–Crippen LogP) is 2.82. The molecule has 7 nitrogen and oxygen atoms in total. The van der Waals surface area contributed by atoms with Crippen molar-refractivity contribution in [2.75, 3.05) is 5.32 Å². The highest BCUT2D eigenvalue weighted by atomic mass is 16.5. The topological polar surface area (TPSA) is 92.8 Å². The molecule has 30 heavy (non-hydrogen) atoms. The molecule has 1 aromatic carbocycles. The van der Waals surface area contributed by atoms with Gasteiger partial charge in [0.2, 0.25) is 11.8 Å². The van der Waals surface area contributed by atoms with Gasteiger partial charge in [0, 0.05) is 5.69 Å². The standard InChI is InChI=1S/C23H28N2O5/c1-12-10-13(2)19(14(3)11-12)24-20(26)16(5)30-23(29)15(4)25-21(27)17-8-6-7-9-18(17)22(25)28/h6-7,10-11,15-18H,8-9H2,1-5H3,(H,24,26)/t15-,16+,17-,18+/m1/s1. The van der Waals surface area contributed by atoms with Gasteiger partial charge in [-0.3, -0.25) is 19.3 Å². The number of esters is 1. The Bertz CT molecular complexity index is 887. The van der Waals surface area contributed by atoms with Gasteiger partial charge in [0.25, 0.3) is 5.91 Å². The van der Waals surface area contributed by atoms with Gasteiger partial charge < -0.3 is 10.1 Å². The van der Waals surface area contributed by atoms with Gasteiger partial charge in [-0.15, -0.1) is 0 Å². The van der Waals surface area contributed by atoms with E-state index in [0.717, 1.165) is 21.6 Å². The van der Waals surface area contributed by atoms with Gasteiger partial charge in [-0.25, -0.2) is 4.79 Å². The fourth-order valence-electron chi connectivity index (χ4n) is 4.24. The first-order chi connectivity index (χ1) is 14.1. The number of carbonyl (C=O) groups is 4. The van der Waals surface area contributed by atoms with Crippen LogP contribution in [0.2, 0.25) is 0 Å². The van der Waals surface area contributed by atoms with Crippen LogP contribution in [0.4, 0.5) is 5.69 Å². The fourth-order valence-corrected chi connectivity index (χ4v) is 4.24. The average molecular weight is 412 g/mol. The molecule has 0 aromatic heterocycles. The van der Waals surface area contributed by atoms with Crippen LogP contribution in [0.5, 0.6) is 0 Å². The molecule has 4 atom stereocenters. The SMILES string of the molecule is Cc1cc(C)c(NC(=O)[C@H](C)OC(=O)[C@@H](C)N2C(=O)[C@H]3CC=CC[C@H]3C2=O)c(C)c1. The first-order valence-electron chi connectivity index (χ1n) is 10.2. The summed E-state index contributed by atoms with van der Waals surface area (Å²) < 4.78 is 5.30. The fraction of sp³-hybridized carbons (Fsp3) is 0.478. The molecule has 3 amide bonds. The van der Waals surface area contributed by atoms with E-state index in [9.17, 15) is 19.2 Å². The van der Waals surface area contributed by atoms with Gasteiger partial charge in [-0.1, -0.05) is 29.8 Å². The first kappa shape index (κ1) is 21.7. The van der Waals surface area contributed by atoms with E-state index in [1.807, 2.05) is 45.1 Å². The molecule has 3 rings (SSSR count). The lowest BCUT2D eigenvalue weighted by atomic mass is 9.85. The maximum atomic E-state index is 12.6. The molecule has 0 spiro atoms. The summed E-state index contributed by atoms with van der Waals surface area (Å²) in [5.74, 6) is -2.76. The lowest BCUT2D eigenvalue weighted by molar-refractivity contribution is -0.163. The molecule has 0 radical (unpaired) electrons. The monoisotopic (exact) mass is 412 g/mol. The van der Waals surface area contributed by atoms with Gasteiger partial charge in [0.1, 0.15) is 6.04 Å². The molecule has 0 saturated carbocycles. The van der Waals surface area contributed by atoms with E-state index in [1.165, 1.54) is 13.8 Å². The Labute approximate surface area is 176 Å². The van der Waals surface area contributed by atoms with Crippen molar-refractivity contribution in [1.82, 2.24) is 4.90 Å². The highest BCUT2D eigenvalue weighted by Crippen LogP contribution is 2.36. The minimum Gasteiger partial charge on any atom is -0.451 e. The Kier molecular flexibility index (Phi) is 6.10. The van der Waals surface area contributed by atoms with Crippen molar-refractivity contribution in [1.29, 1.82) is 0 Å². The molecule has 7 heteroatoms. The van der Waals surface area contributed by atoms with Crippen LogP contribution in [0.25, 0.3) is 0 Å². The normalized spacial score (nSPS) is 22.5. The summed E-state index contributed by atoms with van der Waals surface area (Å²) in [6, 6.07) is 2.84. The number of benzene rings is 1. The summed E-state index contributed by atoms with van der Waals surface area (Å²) in [7, 11) is 0. The molecule has 1 aliphatic carbocycles. The Morgan fingerprint density at radius 1 is 1.00 bits per heavy atom. The van der Waals surface area contributed by atoms with Gasteiger partial charge in [-0.2, -0.15) is 0 Å². The number of nitrogens with one attached hydrogen (secondary N) is 1. The maximum absolute atomic E-state index is 12.6. The van der Waals surface area contributed by atoms with E-state index in [1.54, 1.807) is 0 Å². The van der Waals surface area contributed by atoms with Crippen LogP contribution in [0.1, 0.15) is 43.4 Å². The van der Waals surface area contributed by atoms with Crippen LogP contribution in [0.15, 0.2) is 24.3 Å². The summed E-state index contributed by atoms with van der Waals surface area (Å²) >= 11 is 0. The number of carbonyl (C=O) groups excluding carboxylic acids is 4. The molecule has 0 bridgehead atoms. The van der Waals surface area contributed by atoms with E-state index in [-0.39, 0.29) is 11.8 Å². The maximum Gasteiger partial charge on any atom is 0.329 e. The Morgan fingerprint density at radius 3 is 2.00 bits per heavy atom. The third-order valence-electron chi connectivity index (χ3n) is 5.86. The van der Waals surface area contributed by atoms with Crippen LogP contribution in [-0.4, -0.2) is 40.7 Å². The van der Waals surface area contributed by atoms with Crippen molar-refractivity contribution in [3.8, 4) is 0 Å². The number of hydrogen-bond donors (Lipinski definition) is 1. The van der Waals surface area contributed by atoms with Crippen LogP contribution < -0.4 is 5.32 Å². The number of allylic oxidation sites excluding steroid dienone is 2. The number of rotatable bonds is 5. The van der Waals surface area contributed by atoms with Gasteiger partial charge in [0.05, 0.1) is 11.8 Å². The number of amides is 3. The molecular formula is C23H28N2O5. The number of aryl methyl sites for hydroxylation is 3. The average Bonchev–Trinajstić information content (AvgIpc) is 2.94. The Morgan fingerprint density at radius 2 is 1.50 bits per heavy atom. The molecule has 1 heterocycles. The molecule has 2 aliphatic rings. The van der Waals surface area contributed by atoms with E-state index in [2.05, 4.69) is 5.32 Å². The Hall–Kier alpha value is -2.96. The number of fused-ring (bicyclic) bond motifs is 1. The van der Waals surface area contributed by atoms with Crippen LogP contribution in [-0.2, 0) is 23.9 Å². The number of hydrogen-bond acceptors (Lipinski definition) is 5. The smallest absolute Gasteiger partial charge is 0.329 e. The van der Waals surface area contributed by atoms with Crippen molar-refractivity contribution in [2.45, 2.75) is 59.6 Å². The summed E-state index contributed by atoms with van der Waals surface area (Å²) in [5.41, 5.74) is 3.60. The van der Waals surface area contributed by atoms with Gasteiger partial charge in [-0.05, 0) is 58.6 Å². The van der Waals surface area contributed by atoms with E-state index in [4.69, 9.17) is 4.74 Å². The molecular weight excluding hydrogens is 384 g/mol. The van der Waals surface area contributed by atoms with E-state index in [0.29, 0.717) is 18.5 Å². The predicted molar refractivity (Wildman–Crippen MR) is 112 cm³/mol. The van der Waals surface area contributed by atoms with Crippen LogP contribution in [0.3, 0.4) is 0 Å². The number of ether oxygens (including phenoxy) is 1. The second-order valence-electron chi connectivity index (χ2n) is 8.22. The number of nitrogens with zero attached hydrogens (tertiary/aromatic N) is 1. The molecule has 0 unspecified atom stereocenters. The number of imide groups is 1. The molecule has 1 aliphatic heterocycles. The van der Waals surface area contributed by atoms with Crippen molar-refractivity contribution in [3.63, 3.8) is 0 Å². The molecule has 1 aromatic rings. The highest BCUT2D eigenvalue weighted by Gasteiger charge is 2.50. The van der Waals surface area contributed by atoms with Crippen LogP contribution in [0, 0.1) is 32.6 Å². The minimum atomic E-state index is -1.08. The van der Waals surface area contributed by atoms with Crippen molar-refractivity contribution >= 4 is 29.4 Å². The van der Waals surface area contributed by atoms with Crippen molar-refractivity contribution in [2.24, 2.45) is 11.8 Å². The molecule has 1 fully saturated rings. The zero-order valence-electron chi connectivity index (χ0n) is 18.0. The van der Waals surface area contributed by atoms with Gasteiger partial charge in [0.15, 0.2) is 6.10 Å². The minimum absolute atomic E-state index is 0.346. The van der Waals surface area contributed by atoms with Crippen LogP contribution >= 0.6 is 0 Å². The second-order valence-corrected chi connectivity index (χ2v) is 8.22. The Balaban J connectivity index is 1.64. The van der Waals surface area contributed by atoms with Gasteiger partial charge >= 0.3 is 5.97 Å². The quantitative estimate of drug-likeness (QED) is 0.456. The van der Waals surface area contributed by atoms with E-state index >= 15 is 0 Å². The molecule has 1 N–H and O–H groups in total. The summed E-state index contributed by atoms with van der Waals surface area (Å²) in [6.45, 7) is 8.70. The zero-order valence-corrected chi connectivity index (χ0v) is 18.0. The zero-order chi connectivity index (χ0) is 22.2. The van der Waals surface area contributed by atoms with Crippen molar-refractivity contribution in [3.05, 3.63) is 41.0 Å². The lowest BCUT2D eigenvalue weighted by Gasteiger charge is -2.23. The summed E-state index contributed by atoms with van der Waals surface area (Å²) in [4.78, 5) is 51.5.